The summed E-state index contributed by atoms with van der Waals surface area (Å²) in [4.78, 5) is 38.3. The van der Waals surface area contributed by atoms with E-state index in [1.165, 1.54) is 0 Å². The molecule has 0 bridgehead atoms. The van der Waals surface area contributed by atoms with E-state index in [-0.39, 0.29) is 36.3 Å². The lowest BCUT2D eigenvalue weighted by molar-refractivity contribution is 0.0313. The molecule has 37 heavy (non-hydrogen) atoms. The van der Waals surface area contributed by atoms with Gasteiger partial charge in [0.15, 0.2) is 0 Å². The highest BCUT2D eigenvalue weighted by Crippen LogP contribution is 2.28. The standard InChI is InChI=1S/C29H32N4O4/c1-20-17-33(21(2)19-34)29(36)25-15-23(10-9-22-7-5-4-6-8-22)16-31-27(25)37-26(20)18-32(3)28(35)24-11-13-30-14-12-24/h4-16,20-21,26,34H,17-19H2,1-3H3/b10-9+/t20-,21+,26-/m1/s1. The maximum Gasteiger partial charge on any atom is 0.259 e. The van der Waals surface area contributed by atoms with Crippen molar-refractivity contribution in [2.75, 3.05) is 26.7 Å². The molecule has 0 spiro atoms. The van der Waals surface area contributed by atoms with Crippen LogP contribution in [0.5, 0.6) is 5.88 Å². The van der Waals surface area contributed by atoms with E-state index in [1.807, 2.05) is 56.3 Å². The average Bonchev–Trinajstić information content (AvgIpc) is 2.94. The summed E-state index contributed by atoms with van der Waals surface area (Å²) in [6.45, 7) is 4.29. The van der Waals surface area contributed by atoms with Gasteiger partial charge in [0.1, 0.15) is 11.7 Å². The summed E-state index contributed by atoms with van der Waals surface area (Å²) in [6.07, 6.45) is 8.26. The summed E-state index contributed by atoms with van der Waals surface area (Å²) in [5.41, 5.74) is 2.65. The zero-order valence-electron chi connectivity index (χ0n) is 21.3. The number of aliphatic hydroxyl groups excluding tert-OH is 1. The Morgan fingerprint density at radius 2 is 1.89 bits per heavy atom. The van der Waals surface area contributed by atoms with Gasteiger partial charge in [-0.05, 0) is 36.2 Å². The van der Waals surface area contributed by atoms with Crippen LogP contribution in [-0.4, -0.2) is 75.6 Å². The van der Waals surface area contributed by atoms with E-state index in [4.69, 9.17) is 4.74 Å². The molecule has 0 saturated carbocycles. The highest BCUT2D eigenvalue weighted by Gasteiger charge is 2.34. The molecule has 1 aliphatic heterocycles. The van der Waals surface area contributed by atoms with Gasteiger partial charge in [0.05, 0.1) is 19.2 Å². The number of pyridine rings is 2. The molecule has 0 fully saturated rings. The van der Waals surface area contributed by atoms with Crippen LogP contribution in [0, 0.1) is 5.92 Å². The number of hydrogen-bond acceptors (Lipinski definition) is 6. The molecule has 0 saturated heterocycles. The Bertz CT molecular complexity index is 1250. The molecule has 0 aliphatic carbocycles. The van der Waals surface area contributed by atoms with Crippen molar-refractivity contribution in [3.63, 3.8) is 0 Å². The van der Waals surface area contributed by atoms with Gasteiger partial charge < -0.3 is 19.6 Å². The highest BCUT2D eigenvalue weighted by atomic mass is 16.5. The lowest BCUT2D eigenvalue weighted by atomic mass is 9.99. The first-order valence-corrected chi connectivity index (χ1v) is 12.3. The van der Waals surface area contributed by atoms with Gasteiger partial charge in [0.2, 0.25) is 5.88 Å². The summed E-state index contributed by atoms with van der Waals surface area (Å²) >= 11 is 0. The maximum absolute atomic E-state index is 13.6. The second kappa shape index (κ2) is 11.8. The summed E-state index contributed by atoms with van der Waals surface area (Å²) in [7, 11) is 1.72. The second-order valence-electron chi connectivity index (χ2n) is 9.41. The number of nitrogens with zero attached hydrogens (tertiary/aromatic N) is 4. The molecule has 4 rings (SSSR count). The Labute approximate surface area is 217 Å². The van der Waals surface area contributed by atoms with Crippen molar-refractivity contribution in [2.45, 2.75) is 26.0 Å². The minimum absolute atomic E-state index is 0.127. The predicted molar refractivity (Wildman–Crippen MR) is 142 cm³/mol. The fourth-order valence-corrected chi connectivity index (χ4v) is 4.25. The van der Waals surface area contributed by atoms with Crippen LogP contribution >= 0.6 is 0 Å². The fourth-order valence-electron chi connectivity index (χ4n) is 4.25. The third-order valence-electron chi connectivity index (χ3n) is 6.54. The molecule has 3 aromatic rings. The Morgan fingerprint density at radius 3 is 2.59 bits per heavy atom. The van der Waals surface area contributed by atoms with E-state index >= 15 is 0 Å². The molecule has 8 heteroatoms. The van der Waals surface area contributed by atoms with Gasteiger partial charge in [-0.25, -0.2) is 4.98 Å². The van der Waals surface area contributed by atoms with Crippen molar-refractivity contribution in [3.8, 4) is 5.88 Å². The van der Waals surface area contributed by atoms with Crippen molar-refractivity contribution in [3.05, 3.63) is 89.4 Å². The van der Waals surface area contributed by atoms with Gasteiger partial charge in [-0.2, -0.15) is 0 Å². The average molecular weight is 501 g/mol. The molecular weight excluding hydrogens is 468 g/mol. The third-order valence-corrected chi connectivity index (χ3v) is 6.54. The first kappa shape index (κ1) is 26.0. The molecule has 3 heterocycles. The normalized spacial score (nSPS) is 18.5. The van der Waals surface area contributed by atoms with Gasteiger partial charge in [-0.1, -0.05) is 49.4 Å². The van der Waals surface area contributed by atoms with Crippen molar-refractivity contribution in [1.29, 1.82) is 0 Å². The first-order valence-electron chi connectivity index (χ1n) is 12.3. The van der Waals surface area contributed by atoms with Crippen molar-refractivity contribution < 1.29 is 19.4 Å². The van der Waals surface area contributed by atoms with Crippen LogP contribution in [-0.2, 0) is 0 Å². The van der Waals surface area contributed by atoms with Gasteiger partial charge in [0.25, 0.3) is 11.8 Å². The van der Waals surface area contributed by atoms with E-state index in [0.717, 1.165) is 11.1 Å². The maximum atomic E-state index is 13.6. The number of aliphatic hydroxyl groups is 1. The monoisotopic (exact) mass is 500 g/mol. The summed E-state index contributed by atoms with van der Waals surface area (Å²) < 4.78 is 6.30. The Kier molecular flexibility index (Phi) is 8.30. The number of carbonyl (C=O) groups is 2. The van der Waals surface area contributed by atoms with E-state index in [0.29, 0.717) is 24.2 Å². The lowest BCUT2D eigenvalue weighted by Gasteiger charge is -2.37. The van der Waals surface area contributed by atoms with Crippen LogP contribution in [0.1, 0.15) is 45.7 Å². The Balaban J connectivity index is 1.64. The van der Waals surface area contributed by atoms with Crippen LogP contribution in [0.15, 0.2) is 67.1 Å². The number of aromatic nitrogens is 2. The molecule has 1 N–H and O–H groups in total. The van der Waals surface area contributed by atoms with Crippen LogP contribution in [0.2, 0.25) is 0 Å². The largest absolute Gasteiger partial charge is 0.472 e. The number of ether oxygens (including phenoxy) is 1. The van der Waals surface area contributed by atoms with E-state index in [1.54, 1.807) is 53.6 Å². The molecule has 3 atom stereocenters. The van der Waals surface area contributed by atoms with Gasteiger partial charge in [-0.15, -0.1) is 0 Å². The molecule has 8 nitrogen and oxygen atoms in total. The Hall–Kier alpha value is -4.04. The van der Waals surface area contributed by atoms with Gasteiger partial charge in [-0.3, -0.25) is 14.6 Å². The number of amides is 2. The molecule has 192 valence electrons. The fraction of sp³-hybridized carbons (Fsp3) is 0.310. The lowest BCUT2D eigenvalue weighted by Crippen LogP contribution is -2.50. The topological polar surface area (TPSA) is 95.9 Å². The van der Waals surface area contributed by atoms with Crippen molar-refractivity contribution in [2.24, 2.45) is 5.92 Å². The van der Waals surface area contributed by atoms with E-state index in [9.17, 15) is 14.7 Å². The number of fused-ring (bicyclic) bond motifs is 1. The molecule has 2 aromatic heterocycles. The quantitative estimate of drug-likeness (QED) is 0.532. The molecule has 2 amide bonds. The number of rotatable bonds is 7. The first-order chi connectivity index (χ1) is 17.9. The summed E-state index contributed by atoms with van der Waals surface area (Å²) in [5.74, 6) is -0.298. The second-order valence-corrected chi connectivity index (χ2v) is 9.41. The predicted octanol–water partition coefficient (Wildman–Crippen LogP) is 3.64. The smallest absolute Gasteiger partial charge is 0.259 e. The molecule has 0 unspecified atom stereocenters. The zero-order chi connectivity index (χ0) is 26.4. The summed E-state index contributed by atoms with van der Waals surface area (Å²) in [6, 6.07) is 14.6. The van der Waals surface area contributed by atoms with Gasteiger partial charge in [0, 0.05) is 43.7 Å². The number of benzene rings is 1. The van der Waals surface area contributed by atoms with Crippen molar-refractivity contribution >= 4 is 24.0 Å². The SMILES string of the molecule is C[C@@H]1CN([C@@H](C)CO)C(=O)c2cc(/C=C/c3ccccc3)cnc2O[C@@H]1CN(C)C(=O)c1ccncc1. The third kappa shape index (κ3) is 6.21. The Morgan fingerprint density at radius 1 is 1.19 bits per heavy atom. The number of hydrogen-bond donors (Lipinski definition) is 1. The van der Waals surface area contributed by atoms with Crippen LogP contribution in [0.4, 0.5) is 0 Å². The van der Waals surface area contributed by atoms with E-state index in [2.05, 4.69) is 9.97 Å². The molecule has 0 radical (unpaired) electrons. The molecule has 1 aromatic carbocycles. The van der Waals surface area contributed by atoms with E-state index < -0.39 is 6.10 Å². The minimum Gasteiger partial charge on any atom is -0.472 e. The van der Waals surface area contributed by atoms with Crippen LogP contribution in [0.3, 0.4) is 0 Å². The number of likely N-dealkylation sites (N-methyl/N-ethyl adjacent to an activating group) is 1. The zero-order valence-corrected chi connectivity index (χ0v) is 21.3. The molecule has 1 aliphatic rings. The highest BCUT2D eigenvalue weighted by molar-refractivity contribution is 5.97. The molecular formula is C29H32N4O4. The number of carbonyl (C=O) groups excluding carboxylic acids is 2. The van der Waals surface area contributed by atoms with Crippen LogP contribution < -0.4 is 4.74 Å². The van der Waals surface area contributed by atoms with Crippen molar-refractivity contribution in [1.82, 2.24) is 19.8 Å². The summed E-state index contributed by atoms with van der Waals surface area (Å²) in [5, 5.41) is 9.87. The van der Waals surface area contributed by atoms with Gasteiger partial charge >= 0.3 is 0 Å². The van der Waals surface area contributed by atoms with Crippen LogP contribution in [0.25, 0.3) is 12.2 Å². The minimum atomic E-state index is -0.422.